The molecule has 0 fully saturated rings. The molecule has 3 aromatic rings. The minimum absolute atomic E-state index is 0.0353. The smallest absolute Gasteiger partial charge is 0.211 e. The average Bonchev–Trinajstić information content (AvgIpc) is 2.93. The third-order valence-electron chi connectivity index (χ3n) is 3.41. The zero-order chi connectivity index (χ0) is 14.8. The molecule has 0 spiro atoms. The fourth-order valence-electron chi connectivity index (χ4n) is 2.26. The number of fused-ring (bicyclic) bond motifs is 1. The molecule has 1 N–H and O–H groups in total. The summed E-state index contributed by atoms with van der Waals surface area (Å²) in [6.45, 7) is 4.59. The Kier molecular flexibility index (Phi) is 3.90. The number of hydrogen-bond acceptors (Lipinski definition) is 4. The van der Waals surface area contributed by atoms with E-state index in [1.54, 1.807) is 12.4 Å². The summed E-state index contributed by atoms with van der Waals surface area (Å²) in [4.78, 5) is 8.67. The van der Waals surface area contributed by atoms with Crippen molar-refractivity contribution in [3.8, 4) is 0 Å². The topological polar surface area (TPSA) is 51.0 Å². The summed E-state index contributed by atoms with van der Waals surface area (Å²) in [7, 11) is 0. The summed E-state index contributed by atoms with van der Waals surface area (Å²) in [5.74, 6) is 1.51. The Morgan fingerprint density at radius 2 is 2.14 bits per heavy atom. The van der Waals surface area contributed by atoms with Gasteiger partial charge in [0.15, 0.2) is 0 Å². The molecule has 0 amide bonds. The maximum atomic E-state index is 6.20. The predicted molar refractivity (Wildman–Crippen MR) is 83.2 cm³/mol. The van der Waals surface area contributed by atoms with Crippen LogP contribution in [0.25, 0.3) is 10.9 Å². The van der Waals surface area contributed by atoms with Crippen LogP contribution in [0.3, 0.4) is 0 Å². The van der Waals surface area contributed by atoms with E-state index < -0.39 is 0 Å². The quantitative estimate of drug-likeness (QED) is 0.790. The van der Waals surface area contributed by atoms with Gasteiger partial charge >= 0.3 is 0 Å². The first-order valence-corrected chi connectivity index (χ1v) is 7.21. The van der Waals surface area contributed by atoms with Crippen LogP contribution in [0.2, 0.25) is 5.02 Å². The maximum Gasteiger partial charge on any atom is 0.211 e. The van der Waals surface area contributed by atoms with Gasteiger partial charge in [-0.05, 0) is 37.6 Å². The molecule has 4 nitrogen and oxygen atoms in total. The number of hydrogen-bond donors (Lipinski definition) is 1. The lowest BCUT2D eigenvalue weighted by atomic mass is 10.1. The van der Waals surface area contributed by atoms with Gasteiger partial charge in [0.05, 0.1) is 17.8 Å². The highest BCUT2D eigenvalue weighted by Crippen LogP contribution is 2.25. The largest absolute Gasteiger partial charge is 0.444 e. The second-order valence-corrected chi connectivity index (χ2v) is 5.43. The Labute approximate surface area is 128 Å². The van der Waals surface area contributed by atoms with Gasteiger partial charge in [-0.1, -0.05) is 17.7 Å². The van der Waals surface area contributed by atoms with Gasteiger partial charge in [0, 0.05) is 23.2 Å². The van der Waals surface area contributed by atoms with Crippen molar-refractivity contribution in [2.45, 2.75) is 26.4 Å². The lowest BCUT2D eigenvalue weighted by Gasteiger charge is -2.12. The zero-order valence-electron chi connectivity index (χ0n) is 11.9. The number of halogens is 1. The van der Waals surface area contributed by atoms with Gasteiger partial charge in [0.1, 0.15) is 5.76 Å². The molecule has 1 aromatic carbocycles. The number of oxazole rings is 1. The highest BCUT2D eigenvalue weighted by Gasteiger charge is 2.12. The van der Waals surface area contributed by atoms with Crippen molar-refractivity contribution >= 4 is 22.5 Å². The summed E-state index contributed by atoms with van der Waals surface area (Å²) in [6.07, 6.45) is 3.51. The molecule has 0 bridgehead atoms. The van der Waals surface area contributed by atoms with E-state index >= 15 is 0 Å². The van der Waals surface area contributed by atoms with Crippen LogP contribution in [0.1, 0.15) is 30.2 Å². The molecule has 0 aliphatic carbocycles. The number of pyridine rings is 1. The molecule has 1 unspecified atom stereocenters. The minimum Gasteiger partial charge on any atom is -0.444 e. The molecule has 0 saturated carbocycles. The lowest BCUT2D eigenvalue weighted by Crippen LogP contribution is -2.18. The Morgan fingerprint density at radius 3 is 2.90 bits per heavy atom. The minimum atomic E-state index is 0.0353. The van der Waals surface area contributed by atoms with Gasteiger partial charge in [0.2, 0.25) is 5.89 Å². The van der Waals surface area contributed by atoms with E-state index in [1.165, 1.54) is 0 Å². The molecule has 5 heteroatoms. The number of aryl methyl sites for hydroxylation is 1. The first-order valence-electron chi connectivity index (χ1n) is 6.83. The van der Waals surface area contributed by atoms with Gasteiger partial charge in [-0.15, -0.1) is 0 Å². The number of aromatic nitrogens is 2. The molecule has 0 aliphatic rings. The number of nitrogens with zero attached hydrogens (tertiary/aromatic N) is 2. The number of benzene rings is 1. The summed E-state index contributed by atoms with van der Waals surface area (Å²) in [6, 6.07) is 7.81. The van der Waals surface area contributed by atoms with Crippen LogP contribution < -0.4 is 5.32 Å². The van der Waals surface area contributed by atoms with Crippen molar-refractivity contribution in [1.82, 2.24) is 15.3 Å². The number of nitrogens with one attached hydrogen (secondary N) is 1. The molecule has 3 rings (SSSR count). The second-order valence-electron chi connectivity index (χ2n) is 5.02. The van der Waals surface area contributed by atoms with Crippen LogP contribution in [0.15, 0.2) is 41.1 Å². The van der Waals surface area contributed by atoms with Crippen LogP contribution in [-0.4, -0.2) is 9.97 Å². The van der Waals surface area contributed by atoms with E-state index in [9.17, 15) is 0 Å². The van der Waals surface area contributed by atoms with Crippen molar-refractivity contribution in [2.24, 2.45) is 0 Å². The molecule has 2 heterocycles. The lowest BCUT2D eigenvalue weighted by molar-refractivity contribution is 0.402. The van der Waals surface area contributed by atoms with Gasteiger partial charge in [-0.25, -0.2) is 4.98 Å². The molecule has 0 aliphatic heterocycles. The third kappa shape index (κ3) is 2.91. The van der Waals surface area contributed by atoms with Crippen LogP contribution in [0, 0.1) is 6.92 Å². The summed E-state index contributed by atoms with van der Waals surface area (Å²) >= 11 is 6.20. The van der Waals surface area contributed by atoms with Crippen molar-refractivity contribution in [3.63, 3.8) is 0 Å². The molecule has 0 saturated heterocycles. The van der Waals surface area contributed by atoms with Gasteiger partial charge in [0.25, 0.3) is 0 Å². The van der Waals surface area contributed by atoms with E-state index in [1.807, 2.05) is 38.1 Å². The van der Waals surface area contributed by atoms with E-state index in [0.29, 0.717) is 12.4 Å². The normalized spacial score (nSPS) is 12.7. The van der Waals surface area contributed by atoms with Crippen LogP contribution in [0.5, 0.6) is 0 Å². The molecular formula is C16H16ClN3O. The fourth-order valence-corrected chi connectivity index (χ4v) is 2.48. The second kappa shape index (κ2) is 5.84. The van der Waals surface area contributed by atoms with Crippen LogP contribution >= 0.6 is 11.6 Å². The Morgan fingerprint density at radius 1 is 1.29 bits per heavy atom. The van der Waals surface area contributed by atoms with Crippen LogP contribution in [0.4, 0.5) is 0 Å². The highest BCUT2D eigenvalue weighted by molar-refractivity contribution is 6.35. The standard InChI is InChI=1S/C16H16ClN3O/c1-10-8-20-16(21-10)11(2)19-9-12-5-6-14(17)13-4-3-7-18-15(12)13/h3-8,11,19H,9H2,1-2H3. The Bertz CT molecular complexity index is 769. The first-order chi connectivity index (χ1) is 10.1. The molecule has 1 atom stereocenters. The van der Waals surface area contributed by atoms with Crippen molar-refractivity contribution < 1.29 is 4.42 Å². The van der Waals surface area contributed by atoms with E-state index in [0.717, 1.165) is 27.2 Å². The summed E-state index contributed by atoms with van der Waals surface area (Å²) in [5, 5.41) is 5.09. The molecular weight excluding hydrogens is 286 g/mol. The summed E-state index contributed by atoms with van der Waals surface area (Å²) in [5.41, 5.74) is 2.03. The molecule has 108 valence electrons. The van der Waals surface area contributed by atoms with Crippen LogP contribution in [-0.2, 0) is 6.54 Å². The average molecular weight is 302 g/mol. The number of rotatable bonds is 4. The van der Waals surface area contributed by atoms with Gasteiger partial charge in [-0.3, -0.25) is 4.98 Å². The Hall–Kier alpha value is -1.91. The molecule has 21 heavy (non-hydrogen) atoms. The molecule has 2 aromatic heterocycles. The van der Waals surface area contributed by atoms with Crippen molar-refractivity contribution in [2.75, 3.05) is 0 Å². The molecule has 0 radical (unpaired) electrons. The zero-order valence-corrected chi connectivity index (χ0v) is 12.7. The van der Waals surface area contributed by atoms with Gasteiger partial charge < -0.3 is 9.73 Å². The predicted octanol–water partition coefficient (Wildman–Crippen LogP) is 4.04. The van der Waals surface area contributed by atoms with Crippen molar-refractivity contribution in [3.05, 3.63) is 58.9 Å². The SMILES string of the molecule is Cc1cnc(C(C)NCc2ccc(Cl)c3cccnc23)o1. The van der Waals surface area contributed by atoms with Crippen molar-refractivity contribution in [1.29, 1.82) is 0 Å². The fraction of sp³-hybridized carbons (Fsp3) is 0.250. The third-order valence-corrected chi connectivity index (χ3v) is 3.74. The Balaban J connectivity index is 1.81. The van der Waals surface area contributed by atoms with Gasteiger partial charge in [-0.2, -0.15) is 0 Å². The first kappa shape index (κ1) is 14.0. The highest BCUT2D eigenvalue weighted by atomic mass is 35.5. The summed E-state index contributed by atoms with van der Waals surface area (Å²) < 4.78 is 5.53. The maximum absolute atomic E-state index is 6.20. The van der Waals surface area contributed by atoms with E-state index in [-0.39, 0.29) is 6.04 Å². The van der Waals surface area contributed by atoms with E-state index in [4.69, 9.17) is 16.0 Å². The monoisotopic (exact) mass is 301 g/mol. The van der Waals surface area contributed by atoms with E-state index in [2.05, 4.69) is 15.3 Å².